The van der Waals surface area contributed by atoms with Gasteiger partial charge in [0.1, 0.15) is 0 Å². The molecular formula is C51H99NO5. The highest BCUT2D eigenvalue weighted by molar-refractivity contribution is 5.76. The summed E-state index contributed by atoms with van der Waals surface area (Å²) in [6.45, 7) is 4.91. The molecule has 2 unspecified atom stereocenters. The summed E-state index contributed by atoms with van der Waals surface area (Å²) in [5.74, 6) is -0.0676. The van der Waals surface area contributed by atoms with Gasteiger partial charge in [0.05, 0.1) is 25.4 Å². The zero-order chi connectivity index (χ0) is 41.5. The van der Waals surface area contributed by atoms with E-state index in [0.717, 1.165) is 57.8 Å². The van der Waals surface area contributed by atoms with Crippen LogP contribution >= 0.6 is 0 Å². The van der Waals surface area contributed by atoms with E-state index in [1.807, 2.05) is 0 Å². The number of unbranched alkanes of at least 4 members (excludes halogenated alkanes) is 34. The lowest BCUT2D eigenvalue weighted by Crippen LogP contribution is -2.45. The van der Waals surface area contributed by atoms with Gasteiger partial charge in [0.2, 0.25) is 5.91 Å². The number of carbonyl (C=O) groups excluding carboxylic acids is 2. The molecule has 0 bridgehead atoms. The maximum Gasteiger partial charge on any atom is 0.305 e. The molecule has 57 heavy (non-hydrogen) atoms. The van der Waals surface area contributed by atoms with Crippen molar-refractivity contribution in [2.75, 3.05) is 13.2 Å². The lowest BCUT2D eigenvalue weighted by Gasteiger charge is -2.22. The number of aliphatic hydroxyl groups excluding tert-OH is 2. The van der Waals surface area contributed by atoms with Crippen LogP contribution in [-0.2, 0) is 14.3 Å². The fourth-order valence-electron chi connectivity index (χ4n) is 7.87. The fraction of sp³-hybridized carbons (Fsp3) is 0.922. The molecule has 0 aliphatic carbocycles. The van der Waals surface area contributed by atoms with E-state index >= 15 is 0 Å². The number of rotatable bonds is 47. The summed E-state index contributed by atoms with van der Waals surface area (Å²) >= 11 is 0. The highest BCUT2D eigenvalue weighted by Crippen LogP contribution is 2.16. The average Bonchev–Trinajstić information content (AvgIpc) is 3.21. The number of hydrogen-bond acceptors (Lipinski definition) is 5. The molecular weight excluding hydrogens is 707 g/mol. The third-order valence-electron chi connectivity index (χ3n) is 11.8. The fourth-order valence-corrected chi connectivity index (χ4v) is 7.87. The summed E-state index contributed by atoms with van der Waals surface area (Å²) < 4.78 is 5.46. The minimum absolute atomic E-state index is 0.0170. The number of carbonyl (C=O) groups is 2. The number of amides is 1. The molecule has 2 atom stereocenters. The molecule has 6 nitrogen and oxygen atoms in total. The lowest BCUT2D eigenvalue weighted by atomic mass is 10.0. The topological polar surface area (TPSA) is 95.9 Å². The Morgan fingerprint density at radius 1 is 0.474 bits per heavy atom. The van der Waals surface area contributed by atoms with Crippen molar-refractivity contribution in [1.29, 1.82) is 0 Å². The molecule has 6 heteroatoms. The van der Waals surface area contributed by atoms with Crippen LogP contribution in [0.4, 0.5) is 0 Å². The van der Waals surface area contributed by atoms with Crippen molar-refractivity contribution in [3.63, 3.8) is 0 Å². The van der Waals surface area contributed by atoms with Gasteiger partial charge in [-0.2, -0.15) is 0 Å². The molecule has 0 fully saturated rings. The molecule has 0 radical (unpaired) electrons. The first-order valence-corrected chi connectivity index (χ1v) is 25.4. The van der Waals surface area contributed by atoms with Gasteiger partial charge in [0.15, 0.2) is 0 Å². The van der Waals surface area contributed by atoms with Gasteiger partial charge in [0.25, 0.3) is 0 Å². The van der Waals surface area contributed by atoms with Crippen molar-refractivity contribution in [1.82, 2.24) is 5.32 Å². The van der Waals surface area contributed by atoms with Gasteiger partial charge in [-0.25, -0.2) is 0 Å². The Hall–Kier alpha value is -1.40. The second kappa shape index (κ2) is 47.3. The summed E-state index contributed by atoms with van der Waals surface area (Å²) in [4.78, 5) is 24.5. The molecule has 0 aromatic rings. The van der Waals surface area contributed by atoms with Gasteiger partial charge in [-0.3, -0.25) is 9.59 Å². The van der Waals surface area contributed by atoms with Gasteiger partial charge < -0.3 is 20.3 Å². The van der Waals surface area contributed by atoms with Gasteiger partial charge in [0, 0.05) is 12.8 Å². The molecule has 0 aromatic heterocycles. The number of esters is 1. The van der Waals surface area contributed by atoms with E-state index in [-0.39, 0.29) is 18.5 Å². The summed E-state index contributed by atoms with van der Waals surface area (Å²) in [7, 11) is 0. The third-order valence-corrected chi connectivity index (χ3v) is 11.8. The lowest BCUT2D eigenvalue weighted by molar-refractivity contribution is -0.143. The van der Waals surface area contributed by atoms with E-state index in [9.17, 15) is 19.8 Å². The Bertz CT molecular complexity index is 847. The second-order valence-corrected chi connectivity index (χ2v) is 17.5. The first kappa shape index (κ1) is 55.6. The van der Waals surface area contributed by atoms with Crippen LogP contribution in [-0.4, -0.2) is 47.4 Å². The first-order valence-electron chi connectivity index (χ1n) is 25.4. The Labute approximate surface area is 355 Å². The number of hydrogen-bond donors (Lipinski definition) is 3. The van der Waals surface area contributed by atoms with E-state index in [2.05, 4.69) is 31.3 Å². The van der Waals surface area contributed by atoms with Crippen LogP contribution in [0.5, 0.6) is 0 Å². The molecule has 3 N–H and O–H groups in total. The summed E-state index contributed by atoms with van der Waals surface area (Å²) in [5, 5.41) is 23.2. The van der Waals surface area contributed by atoms with Crippen LogP contribution in [0.15, 0.2) is 12.2 Å². The molecule has 0 heterocycles. The molecule has 0 saturated carbocycles. The number of aliphatic hydroxyl groups is 2. The van der Waals surface area contributed by atoms with Crippen LogP contribution in [0.1, 0.15) is 277 Å². The average molecular weight is 806 g/mol. The standard InChI is InChI=1S/C51H99NO5/c1-3-5-7-9-11-13-15-17-18-20-25-29-33-37-41-45-51(56)57-46-42-38-34-30-26-22-21-24-28-32-36-40-44-50(55)52-48(47-53)49(54)43-39-35-31-27-23-19-16-14-12-10-8-6-4-2/h17-18,48-49,53-54H,3-16,19-47H2,1-2H3,(H,52,55)/b18-17-. The number of nitrogens with one attached hydrogen (secondary N) is 1. The normalized spacial score (nSPS) is 12.7. The first-order chi connectivity index (χ1) is 28.0. The Balaban J connectivity index is 3.45. The van der Waals surface area contributed by atoms with Crippen molar-refractivity contribution < 1.29 is 24.5 Å². The molecule has 0 aromatic carbocycles. The highest BCUT2D eigenvalue weighted by atomic mass is 16.5. The van der Waals surface area contributed by atoms with Crippen molar-refractivity contribution in [3.05, 3.63) is 12.2 Å². The summed E-state index contributed by atoms with van der Waals surface area (Å²) in [6, 6.07) is -0.552. The molecule has 338 valence electrons. The smallest absolute Gasteiger partial charge is 0.305 e. The van der Waals surface area contributed by atoms with Gasteiger partial charge >= 0.3 is 5.97 Å². The van der Waals surface area contributed by atoms with Gasteiger partial charge in [-0.05, 0) is 51.4 Å². The second-order valence-electron chi connectivity index (χ2n) is 17.5. The van der Waals surface area contributed by atoms with E-state index in [1.54, 1.807) is 0 Å². The Morgan fingerprint density at radius 3 is 1.25 bits per heavy atom. The van der Waals surface area contributed by atoms with Crippen LogP contribution in [0.3, 0.4) is 0 Å². The van der Waals surface area contributed by atoms with Crippen LogP contribution < -0.4 is 5.32 Å². The Morgan fingerprint density at radius 2 is 0.825 bits per heavy atom. The largest absolute Gasteiger partial charge is 0.466 e. The maximum absolute atomic E-state index is 12.4. The number of allylic oxidation sites excluding steroid dienone is 2. The van der Waals surface area contributed by atoms with E-state index in [1.165, 1.54) is 186 Å². The van der Waals surface area contributed by atoms with E-state index in [0.29, 0.717) is 25.9 Å². The quantitative estimate of drug-likeness (QED) is 0.0323. The van der Waals surface area contributed by atoms with Crippen LogP contribution in [0.25, 0.3) is 0 Å². The zero-order valence-electron chi connectivity index (χ0n) is 38.3. The summed E-state index contributed by atoms with van der Waals surface area (Å²) in [5.41, 5.74) is 0. The Kier molecular flexibility index (Phi) is 46.1. The highest BCUT2D eigenvalue weighted by Gasteiger charge is 2.20. The molecule has 0 rings (SSSR count). The third kappa shape index (κ3) is 44.0. The number of ether oxygens (including phenoxy) is 1. The van der Waals surface area contributed by atoms with Crippen LogP contribution in [0, 0.1) is 0 Å². The predicted octanol–water partition coefficient (Wildman–Crippen LogP) is 15.0. The van der Waals surface area contributed by atoms with Crippen LogP contribution in [0.2, 0.25) is 0 Å². The molecule has 1 amide bonds. The van der Waals surface area contributed by atoms with Gasteiger partial charge in [-0.1, -0.05) is 225 Å². The monoisotopic (exact) mass is 806 g/mol. The summed E-state index contributed by atoms with van der Waals surface area (Å²) in [6.07, 6.45) is 53.1. The predicted molar refractivity (Wildman–Crippen MR) is 246 cm³/mol. The van der Waals surface area contributed by atoms with Gasteiger partial charge in [-0.15, -0.1) is 0 Å². The van der Waals surface area contributed by atoms with Crippen molar-refractivity contribution >= 4 is 11.9 Å². The molecule has 0 aliphatic heterocycles. The zero-order valence-corrected chi connectivity index (χ0v) is 38.3. The maximum atomic E-state index is 12.4. The van der Waals surface area contributed by atoms with Crippen molar-refractivity contribution in [2.24, 2.45) is 0 Å². The van der Waals surface area contributed by atoms with E-state index in [4.69, 9.17) is 4.74 Å². The minimum atomic E-state index is -0.673. The van der Waals surface area contributed by atoms with E-state index < -0.39 is 12.1 Å². The SMILES string of the molecule is CCCCCCCC/C=C\CCCCCCCC(=O)OCCCCCCCCCCCCCCC(=O)NC(CO)C(O)CCCCCCCCCCCCCCC. The molecule has 0 aliphatic rings. The van der Waals surface area contributed by atoms with Crippen molar-refractivity contribution in [3.8, 4) is 0 Å². The molecule has 0 spiro atoms. The molecule has 0 saturated heterocycles. The minimum Gasteiger partial charge on any atom is -0.466 e. The van der Waals surface area contributed by atoms with Crippen molar-refractivity contribution in [2.45, 2.75) is 289 Å².